The highest BCUT2D eigenvalue weighted by atomic mass is 16.5. The summed E-state index contributed by atoms with van der Waals surface area (Å²) in [6.45, 7) is 4.53. The van der Waals surface area contributed by atoms with Gasteiger partial charge in [-0.3, -0.25) is 0 Å². The molecule has 0 radical (unpaired) electrons. The summed E-state index contributed by atoms with van der Waals surface area (Å²) in [7, 11) is 0. The average molecular weight is 405 g/mol. The number of benzene rings is 2. The summed E-state index contributed by atoms with van der Waals surface area (Å²) in [5.41, 5.74) is 2.64. The van der Waals surface area contributed by atoms with Crippen molar-refractivity contribution in [1.82, 2.24) is 10.6 Å². The summed E-state index contributed by atoms with van der Waals surface area (Å²) in [6.07, 6.45) is 7.36. The molecule has 0 saturated heterocycles. The van der Waals surface area contributed by atoms with E-state index in [-0.39, 0.29) is 0 Å². The molecule has 1 atom stereocenters. The van der Waals surface area contributed by atoms with E-state index in [0.717, 1.165) is 42.5 Å². The van der Waals surface area contributed by atoms with Crippen molar-refractivity contribution in [2.45, 2.75) is 57.7 Å². The molecule has 0 heterocycles. The molecule has 4 bridgehead atoms. The normalized spacial score (nSPS) is 30.4. The Kier molecular flexibility index (Phi) is 6.10. The SMILES string of the molecule is CCOc1ccccc1CNCC(NC1C2CC3CC(C2)CC1C3)c1ccccc1. The first-order chi connectivity index (χ1) is 14.8. The Morgan fingerprint density at radius 2 is 1.53 bits per heavy atom. The van der Waals surface area contributed by atoms with E-state index in [0.29, 0.717) is 18.7 Å². The molecular weight excluding hydrogens is 368 g/mol. The van der Waals surface area contributed by atoms with Crippen molar-refractivity contribution >= 4 is 0 Å². The van der Waals surface area contributed by atoms with Gasteiger partial charge in [-0.15, -0.1) is 0 Å². The highest BCUT2D eigenvalue weighted by Gasteiger charge is 2.48. The van der Waals surface area contributed by atoms with Crippen LogP contribution in [0.3, 0.4) is 0 Å². The zero-order chi connectivity index (χ0) is 20.3. The van der Waals surface area contributed by atoms with E-state index in [4.69, 9.17) is 4.74 Å². The van der Waals surface area contributed by atoms with E-state index in [1.165, 1.54) is 43.2 Å². The summed E-state index contributed by atoms with van der Waals surface area (Å²) in [5.74, 6) is 4.83. The molecule has 4 saturated carbocycles. The first kappa shape index (κ1) is 20.1. The first-order valence-electron chi connectivity index (χ1n) is 12.0. The fourth-order valence-electron chi connectivity index (χ4n) is 6.69. The van der Waals surface area contributed by atoms with Gasteiger partial charge in [0.05, 0.1) is 6.61 Å². The second kappa shape index (κ2) is 9.11. The van der Waals surface area contributed by atoms with Crippen LogP contribution in [0.25, 0.3) is 0 Å². The molecular formula is C27H36N2O. The van der Waals surface area contributed by atoms with Crippen molar-refractivity contribution in [2.24, 2.45) is 23.7 Å². The Morgan fingerprint density at radius 1 is 0.867 bits per heavy atom. The quantitative estimate of drug-likeness (QED) is 0.593. The number of para-hydroxylation sites is 1. The molecule has 2 N–H and O–H groups in total. The summed E-state index contributed by atoms with van der Waals surface area (Å²) in [6, 6.07) is 20.5. The molecule has 30 heavy (non-hydrogen) atoms. The Hall–Kier alpha value is -1.84. The standard InChI is InChI=1S/C27H36N2O/c1-2-30-26-11-7-6-10-22(26)17-28-18-25(21-8-4-3-5-9-21)29-27-23-13-19-12-20(15-23)16-24(27)14-19/h3-11,19-20,23-25,27-29H,2,12-18H2,1H3. The number of rotatable bonds is 9. The molecule has 6 rings (SSSR count). The lowest BCUT2D eigenvalue weighted by atomic mass is 9.54. The topological polar surface area (TPSA) is 33.3 Å². The highest BCUT2D eigenvalue weighted by molar-refractivity contribution is 5.33. The molecule has 2 aromatic carbocycles. The predicted octanol–water partition coefficient (Wildman–Crippen LogP) is 5.33. The van der Waals surface area contributed by atoms with Crippen LogP contribution in [-0.2, 0) is 6.54 Å². The van der Waals surface area contributed by atoms with Gasteiger partial charge in [0.1, 0.15) is 5.75 Å². The molecule has 1 unspecified atom stereocenters. The summed E-state index contributed by atoms with van der Waals surface area (Å²) in [4.78, 5) is 0. The maximum Gasteiger partial charge on any atom is 0.123 e. The average Bonchev–Trinajstić information content (AvgIpc) is 2.76. The van der Waals surface area contributed by atoms with E-state index in [9.17, 15) is 0 Å². The molecule has 4 fully saturated rings. The third-order valence-electron chi connectivity index (χ3n) is 7.76. The molecule has 3 heteroatoms. The minimum atomic E-state index is 0.355. The maximum atomic E-state index is 5.81. The van der Waals surface area contributed by atoms with Gasteiger partial charge in [-0.1, -0.05) is 48.5 Å². The molecule has 0 amide bonds. The number of nitrogens with one attached hydrogen (secondary N) is 2. The maximum absolute atomic E-state index is 5.81. The van der Waals surface area contributed by atoms with Crippen molar-refractivity contribution < 1.29 is 4.74 Å². The van der Waals surface area contributed by atoms with Crippen LogP contribution in [0.2, 0.25) is 0 Å². The molecule has 0 aromatic heterocycles. The lowest BCUT2D eigenvalue weighted by Crippen LogP contribution is -2.56. The van der Waals surface area contributed by atoms with Crippen LogP contribution in [0, 0.1) is 23.7 Å². The van der Waals surface area contributed by atoms with E-state index in [1.54, 1.807) is 0 Å². The van der Waals surface area contributed by atoms with Crippen molar-refractivity contribution in [3.8, 4) is 5.75 Å². The number of hydrogen-bond donors (Lipinski definition) is 2. The zero-order valence-electron chi connectivity index (χ0n) is 18.2. The van der Waals surface area contributed by atoms with Crippen LogP contribution in [0.1, 0.15) is 56.2 Å². The third-order valence-corrected chi connectivity index (χ3v) is 7.76. The molecule has 0 spiro atoms. The lowest BCUT2D eigenvalue weighted by Gasteiger charge is -2.55. The van der Waals surface area contributed by atoms with Gasteiger partial charge in [-0.05, 0) is 74.3 Å². The Balaban J connectivity index is 1.26. The van der Waals surface area contributed by atoms with Crippen LogP contribution in [0.5, 0.6) is 5.75 Å². The van der Waals surface area contributed by atoms with Crippen LogP contribution in [0.4, 0.5) is 0 Å². The fraction of sp³-hybridized carbons (Fsp3) is 0.556. The van der Waals surface area contributed by atoms with Gasteiger partial charge in [-0.2, -0.15) is 0 Å². The molecule has 160 valence electrons. The summed E-state index contributed by atoms with van der Waals surface area (Å²) in [5, 5.41) is 7.88. The van der Waals surface area contributed by atoms with Crippen LogP contribution in [-0.4, -0.2) is 19.2 Å². The van der Waals surface area contributed by atoms with E-state index in [1.807, 2.05) is 6.92 Å². The van der Waals surface area contributed by atoms with Gasteiger partial charge in [0.15, 0.2) is 0 Å². The number of ether oxygens (including phenoxy) is 1. The molecule has 0 aliphatic heterocycles. The molecule has 3 nitrogen and oxygen atoms in total. The lowest BCUT2D eigenvalue weighted by molar-refractivity contribution is -0.0178. The van der Waals surface area contributed by atoms with Gasteiger partial charge in [0.25, 0.3) is 0 Å². The van der Waals surface area contributed by atoms with E-state index in [2.05, 4.69) is 65.2 Å². The third kappa shape index (κ3) is 4.29. The summed E-state index contributed by atoms with van der Waals surface area (Å²) >= 11 is 0. The predicted molar refractivity (Wildman–Crippen MR) is 122 cm³/mol. The Bertz CT molecular complexity index is 793. The summed E-state index contributed by atoms with van der Waals surface area (Å²) < 4.78 is 5.81. The highest BCUT2D eigenvalue weighted by Crippen LogP contribution is 2.54. The van der Waals surface area contributed by atoms with Gasteiger partial charge in [0, 0.05) is 30.7 Å². The molecule has 4 aliphatic rings. The van der Waals surface area contributed by atoms with Gasteiger partial charge >= 0.3 is 0 Å². The smallest absolute Gasteiger partial charge is 0.123 e. The fourth-order valence-corrected chi connectivity index (χ4v) is 6.69. The van der Waals surface area contributed by atoms with E-state index >= 15 is 0 Å². The number of hydrogen-bond acceptors (Lipinski definition) is 3. The zero-order valence-corrected chi connectivity index (χ0v) is 18.2. The van der Waals surface area contributed by atoms with Gasteiger partial charge < -0.3 is 15.4 Å². The Labute approximate surface area is 181 Å². The van der Waals surface area contributed by atoms with Crippen molar-refractivity contribution in [2.75, 3.05) is 13.2 Å². The van der Waals surface area contributed by atoms with E-state index < -0.39 is 0 Å². The Morgan fingerprint density at radius 3 is 2.23 bits per heavy atom. The second-order valence-corrected chi connectivity index (χ2v) is 9.76. The monoisotopic (exact) mass is 404 g/mol. The van der Waals surface area contributed by atoms with Crippen molar-refractivity contribution in [3.63, 3.8) is 0 Å². The van der Waals surface area contributed by atoms with Crippen molar-refractivity contribution in [1.29, 1.82) is 0 Å². The van der Waals surface area contributed by atoms with Gasteiger partial charge in [0.2, 0.25) is 0 Å². The van der Waals surface area contributed by atoms with Crippen molar-refractivity contribution in [3.05, 3.63) is 65.7 Å². The minimum absolute atomic E-state index is 0.355. The second-order valence-electron chi connectivity index (χ2n) is 9.76. The first-order valence-corrected chi connectivity index (χ1v) is 12.0. The minimum Gasteiger partial charge on any atom is -0.494 e. The van der Waals surface area contributed by atoms with Gasteiger partial charge in [-0.25, -0.2) is 0 Å². The van der Waals surface area contributed by atoms with Crippen LogP contribution >= 0.6 is 0 Å². The molecule has 4 aliphatic carbocycles. The van der Waals surface area contributed by atoms with Crippen LogP contribution < -0.4 is 15.4 Å². The van der Waals surface area contributed by atoms with Crippen LogP contribution in [0.15, 0.2) is 54.6 Å². The molecule has 2 aromatic rings. The largest absolute Gasteiger partial charge is 0.494 e.